The third-order valence-electron chi connectivity index (χ3n) is 2.90. The van der Waals surface area contributed by atoms with Crippen LogP contribution < -0.4 is 4.74 Å². The van der Waals surface area contributed by atoms with Gasteiger partial charge in [0.05, 0.1) is 18.2 Å². The van der Waals surface area contributed by atoms with Crippen LogP contribution in [0, 0.1) is 18.3 Å². The Morgan fingerprint density at radius 3 is 2.68 bits per heavy atom. The number of benzene rings is 1. The summed E-state index contributed by atoms with van der Waals surface area (Å²) in [4.78, 5) is 12.1. The fourth-order valence-electron chi connectivity index (χ4n) is 1.79. The van der Waals surface area contributed by atoms with Crippen LogP contribution in [0.4, 0.5) is 4.39 Å². The van der Waals surface area contributed by atoms with Gasteiger partial charge in [0.15, 0.2) is 11.6 Å². The molecule has 4 nitrogen and oxygen atoms in total. The van der Waals surface area contributed by atoms with Gasteiger partial charge < -0.3 is 9.47 Å². The molecule has 0 aromatic heterocycles. The Labute approximate surface area is 129 Å². The van der Waals surface area contributed by atoms with Crippen LogP contribution in [-0.2, 0) is 4.74 Å². The Morgan fingerprint density at radius 1 is 1.45 bits per heavy atom. The van der Waals surface area contributed by atoms with Crippen LogP contribution in [0.25, 0.3) is 0 Å². The minimum absolute atomic E-state index is 0.0758. The van der Waals surface area contributed by atoms with Crippen LogP contribution >= 0.6 is 0 Å². The highest BCUT2D eigenvalue weighted by Crippen LogP contribution is 2.28. The van der Waals surface area contributed by atoms with E-state index in [1.54, 1.807) is 26.0 Å². The van der Waals surface area contributed by atoms with E-state index in [0.717, 1.165) is 0 Å². The lowest BCUT2D eigenvalue weighted by atomic mass is 10.1. The Hall–Kier alpha value is -2.61. The molecule has 1 aromatic carbocycles. The van der Waals surface area contributed by atoms with Crippen molar-refractivity contribution in [1.29, 1.82) is 5.26 Å². The van der Waals surface area contributed by atoms with Crippen molar-refractivity contribution < 1.29 is 18.7 Å². The molecule has 0 spiro atoms. The highest BCUT2D eigenvalue weighted by Gasteiger charge is 2.20. The molecule has 5 heteroatoms. The van der Waals surface area contributed by atoms with Gasteiger partial charge in [-0.25, -0.2) is 9.18 Å². The van der Waals surface area contributed by atoms with E-state index in [2.05, 4.69) is 0 Å². The van der Waals surface area contributed by atoms with Crippen molar-refractivity contribution in [1.82, 2.24) is 0 Å². The van der Waals surface area contributed by atoms with E-state index in [1.165, 1.54) is 26.0 Å². The third-order valence-corrected chi connectivity index (χ3v) is 2.90. The summed E-state index contributed by atoms with van der Waals surface area (Å²) in [5, 5.41) is 8.97. The minimum atomic E-state index is -0.671. The molecule has 1 aromatic rings. The second kappa shape index (κ2) is 7.99. The van der Waals surface area contributed by atoms with Crippen molar-refractivity contribution in [3.05, 3.63) is 52.6 Å². The Bertz CT molecular complexity index is 669. The Kier molecular flexibility index (Phi) is 6.33. The zero-order chi connectivity index (χ0) is 16.7. The van der Waals surface area contributed by atoms with Gasteiger partial charge in [0, 0.05) is 0 Å². The molecule has 0 unspecified atom stereocenters. The van der Waals surface area contributed by atoms with Crippen molar-refractivity contribution in [2.45, 2.75) is 27.7 Å². The van der Waals surface area contributed by atoms with E-state index in [0.29, 0.717) is 5.56 Å². The summed E-state index contributed by atoms with van der Waals surface area (Å²) in [6, 6.07) is 6.79. The number of nitriles is 1. The minimum Gasteiger partial charge on any atom is -0.462 e. The molecule has 22 heavy (non-hydrogen) atoms. The summed E-state index contributed by atoms with van der Waals surface area (Å²) >= 11 is 0. The van der Waals surface area contributed by atoms with E-state index < -0.39 is 11.8 Å². The maximum atomic E-state index is 13.9. The fraction of sp³-hybridized carbons (Fsp3) is 0.294. The first-order valence-electron chi connectivity index (χ1n) is 6.83. The lowest BCUT2D eigenvalue weighted by Gasteiger charge is -2.14. The number of rotatable bonds is 5. The lowest BCUT2D eigenvalue weighted by molar-refractivity contribution is 0.0522. The first-order valence-corrected chi connectivity index (χ1v) is 6.83. The second-order valence-electron chi connectivity index (χ2n) is 4.47. The predicted molar refractivity (Wildman–Crippen MR) is 80.9 cm³/mol. The maximum absolute atomic E-state index is 13.9. The highest BCUT2D eigenvalue weighted by molar-refractivity contribution is 5.94. The van der Waals surface area contributed by atoms with Gasteiger partial charge >= 0.3 is 5.97 Å². The van der Waals surface area contributed by atoms with Gasteiger partial charge in [0.25, 0.3) is 0 Å². The van der Waals surface area contributed by atoms with E-state index in [4.69, 9.17) is 14.7 Å². The first-order chi connectivity index (χ1) is 10.5. The number of nitrogens with zero attached hydrogens (tertiary/aromatic N) is 1. The zero-order valence-corrected chi connectivity index (χ0v) is 13.1. The van der Waals surface area contributed by atoms with Crippen LogP contribution in [0.1, 0.15) is 36.7 Å². The summed E-state index contributed by atoms with van der Waals surface area (Å²) in [5.74, 6) is -1.28. The van der Waals surface area contributed by atoms with Gasteiger partial charge in [-0.05, 0) is 45.4 Å². The van der Waals surface area contributed by atoms with Crippen LogP contribution in [0.3, 0.4) is 0 Å². The molecule has 0 radical (unpaired) electrons. The topological polar surface area (TPSA) is 59.3 Å². The standard InChI is InChI=1S/C17H18FNO3/c1-5-13(18)16(12(4)10-19)22-14-9-7-8-11(3)15(14)17(20)21-6-2/h5,7-9H,6H2,1-4H3/b13-5+,16-12-. The van der Waals surface area contributed by atoms with E-state index >= 15 is 0 Å². The molecule has 0 heterocycles. The quantitative estimate of drug-likeness (QED) is 0.353. The normalized spacial score (nSPS) is 12.3. The molecule has 0 atom stereocenters. The number of hydrogen-bond donors (Lipinski definition) is 0. The highest BCUT2D eigenvalue weighted by atomic mass is 19.1. The second-order valence-corrected chi connectivity index (χ2v) is 4.47. The lowest BCUT2D eigenvalue weighted by Crippen LogP contribution is -2.10. The maximum Gasteiger partial charge on any atom is 0.342 e. The largest absolute Gasteiger partial charge is 0.462 e. The van der Waals surface area contributed by atoms with Crippen molar-refractivity contribution in [2.75, 3.05) is 6.61 Å². The number of halogens is 1. The fourth-order valence-corrected chi connectivity index (χ4v) is 1.79. The molecule has 0 aliphatic heterocycles. The summed E-state index contributed by atoms with van der Waals surface area (Å²) < 4.78 is 24.4. The Balaban J connectivity index is 3.37. The molecule has 116 valence electrons. The van der Waals surface area contributed by atoms with Crippen LogP contribution in [0.2, 0.25) is 0 Å². The number of hydrogen-bond acceptors (Lipinski definition) is 4. The molecule has 0 fully saturated rings. The molecule has 0 bridgehead atoms. The summed E-state index contributed by atoms with van der Waals surface area (Å²) in [7, 11) is 0. The van der Waals surface area contributed by atoms with Crippen molar-refractivity contribution in [3.63, 3.8) is 0 Å². The van der Waals surface area contributed by atoms with Crippen molar-refractivity contribution in [2.24, 2.45) is 0 Å². The number of allylic oxidation sites excluding steroid dienone is 3. The predicted octanol–water partition coefficient (Wildman–Crippen LogP) is 4.22. The molecule has 0 aliphatic rings. The van der Waals surface area contributed by atoms with Gasteiger partial charge in [0.2, 0.25) is 0 Å². The number of carbonyl (C=O) groups is 1. The van der Waals surface area contributed by atoms with E-state index in [9.17, 15) is 9.18 Å². The molecule has 0 N–H and O–H groups in total. The average molecular weight is 303 g/mol. The SMILES string of the molecule is C/C=C(F)\C(Oc1cccc(C)c1C(=O)OCC)=C(/C)C#N. The van der Waals surface area contributed by atoms with Gasteiger partial charge in [-0.15, -0.1) is 0 Å². The number of ether oxygens (including phenoxy) is 2. The first kappa shape index (κ1) is 17.4. The van der Waals surface area contributed by atoms with Crippen LogP contribution in [0.5, 0.6) is 5.75 Å². The van der Waals surface area contributed by atoms with Gasteiger partial charge in [-0.3, -0.25) is 0 Å². The number of esters is 1. The number of aryl methyl sites for hydroxylation is 1. The zero-order valence-electron chi connectivity index (χ0n) is 13.1. The van der Waals surface area contributed by atoms with Crippen molar-refractivity contribution in [3.8, 4) is 11.8 Å². The molecular weight excluding hydrogens is 285 g/mol. The van der Waals surface area contributed by atoms with Gasteiger partial charge in [-0.2, -0.15) is 5.26 Å². The monoisotopic (exact) mass is 303 g/mol. The van der Waals surface area contributed by atoms with E-state index in [-0.39, 0.29) is 29.3 Å². The van der Waals surface area contributed by atoms with E-state index in [1.807, 2.05) is 6.07 Å². The summed E-state index contributed by atoms with van der Waals surface area (Å²) in [5.41, 5.74) is 0.939. The Morgan fingerprint density at radius 2 is 2.14 bits per heavy atom. The van der Waals surface area contributed by atoms with Gasteiger partial charge in [0.1, 0.15) is 11.3 Å². The molecule has 0 aliphatic carbocycles. The van der Waals surface area contributed by atoms with Crippen molar-refractivity contribution >= 4 is 5.97 Å². The summed E-state index contributed by atoms with van der Waals surface area (Å²) in [6.07, 6.45) is 1.19. The third kappa shape index (κ3) is 3.95. The smallest absolute Gasteiger partial charge is 0.342 e. The van der Waals surface area contributed by atoms with Crippen LogP contribution in [0.15, 0.2) is 41.4 Å². The molecule has 0 amide bonds. The average Bonchev–Trinajstić information content (AvgIpc) is 2.51. The molecule has 0 saturated carbocycles. The van der Waals surface area contributed by atoms with Crippen LogP contribution in [-0.4, -0.2) is 12.6 Å². The molecule has 1 rings (SSSR count). The number of carbonyl (C=O) groups excluding carboxylic acids is 1. The molecule has 0 saturated heterocycles. The molecular formula is C17H18FNO3. The van der Waals surface area contributed by atoms with Gasteiger partial charge in [-0.1, -0.05) is 12.1 Å². The summed E-state index contributed by atoms with van der Waals surface area (Å²) in [6.45, 7) is 6.58.